The molecule has 2 aromatic carbocycles. The highest BCUT2D eigenvalue weighted by molar-refractivity contribution is 5.37. The second-order valence-electron chi connectivity index (χ2n) is 3.92. The number of aryl methyl sites for hydroxylation is 2. The van der Waals surface area contributed by atoms with E-state index in [0.29, 0.717) is 0 Å². The van der Waals surface area contributed by atoms with Crippen LogP contribution < -0.4 is 4.74 Å². The summed E-state index contributed by atoms with van der Waals surface area (Å²) >= 11 is 0. The van der Waals surface area contributed by atoms with Crippen LogP contribution >= 0.6 is 0 Å². The summed E-state index contributed by atoms with van der Waals surface area (Å²) < 4.78 is 5.68. The van der Waals surface area contributed by atoms with Gasteiger partial charge in [0, 0.05) is 0 Å². The smallest absolute Gasteiger partial charge is 0.165 e. The minimum absolute atomic E-state index is 0.920. The Labute approximate surface area is 96.7 Å². The van der Waals surface area contributed by atoms with Crippen molar-refractivity contribution in [2.24, 2.45) is 0 Å². The summed E-state index contributed by atoms with van der Waals surface area (Å²) in [7, 11) is 0. The first-order chi connectivity index (χ1) is 7.75. The third kappa shape index (κ3) is 2.63. The fourth-order valence-corrected chi connectivity index (χ4v) is 1.50. The number of hydrogen-bond acceptors (Lipinski definition) is 1. The van der Waals surface area contributed by atoms with Crippen molar-refractivity contribution in [2.75, 3.05) is 0 Å². The molecular formula is C15H15O. The lowest BCUT2D eigenvalue weighted by Crippen LogP contribution is -1.94. The Morgan fingerprint density at radius 2 is 1.69 bits per heavy atom. The molecule has 0 unspecified atom stereocenters. The van der Waals surface area contributed by atoms with Gasteiger partial charge in [-0.25, -0.2) is 0 Å². The largest absolute Gasteiger partial charge is 0.481 e. The molecule has 2 aromatic rings. The summed E-state index contributed by atoms with van der Waals surface area (Å²) in [5, 5.41) is 0. The van der Waals surface area contributed by atoms with E-state index in [2.05, 4.69) is 25.1 Å². The normalized spacial score (nSPS) is 10.1. The Kier molecular flexibility index (Phi) is 3.25. The molecule has 1 heteroatoms. The van der Waals surface area contributed by atoms with E-state index in [9.17, 15) is 0 Å². The molecule has 2 rings (SSSR count). The van der Waals surface area contributed by atoms with Crippen molar-refractivity contribution < 1.29 is 4.74 Å². The summed E-state index contributed by atoms with van der Waals surface area (Å²) in [6.07, 6.45) is 0. The molecule has 1 radical (unpaired) electrons. The third-order valence-corrected chi connectivity index (χ3v) is 2.47. The number of rotatable bonds is 3. The quantitative estimate of drug-likeness (QED) is 0.748. The van der Waals surface area contributed by atoms with Crippen molar-refractivity contribution in [2.45, 2.75) is 13.8 Å². The van der Waals surface area contributed by atoms with Crippen LogP contribution in [0.25, 0.3) is 0 Å². The highest BCUT2D eigenvalue weighted by Crippen LogP contribution is 2.20. The number of ether oxygens (including phenoxy) is 1. The average molecular weight is 211 g/mol. The van der Waals surface area contributed by atoms with E-state index in [0.717, 1.165) is 16.9 Å². The van der Waals surface area contributed by atoms with Crippen LogP contribution in [0.2, 0.25) is 0 Å². The lowest BCUT2D eigenvalue weighted by Gasteiger charge is -2.08. The zero-order valence-corrected chi connectivity index (χ0v) is 9.60. The Balaban J connectivity index is 2.08. The van der Waals surface area contributed by atoms with Gasteiger partial charge in [0.1, 0.15) is 5.75 Å². The van der Waals surface area contributed by atoms with Gasteiger partial charge in [0.25, 0.3) is 0 Å². The maximum Gasteiger partial charge on any atom is 0.165 e. The van der Waals surface area contributed by atoms with Crippen LogP contribution in [0.3, 0.4) is 0 Å². The highest BCUT2D eigenvalue weighted by Gasteiger charge is 2.00. The average Bonchev–Trinajstić information content (AvgIpc) is 2.32. The molecule has 0 aromatic heterocycles. The third-order valence-electron chi connectivity index (χ3n) is 2.47. The second-order valence-corrected chi connectivity index (χ2v) is 3.92. The molecule has 0 heterocycles. The maximum absolute atomic E-state index is 5.68. The molecule has 16 heavy (non-hydrogen) atoms. The van der Waals surface area contributed by atoms with Gasteiger partial charge in [-0.05, 0) is 36.6 Å². The summed E-state index contributed by atoms with van der Waals surface area (Å²) in [6, 6.07) is 16.2. The Morgan fingerprint density at radius 3 is 2.44 bits per heavy atom. The Hall–Kier alpha value is -1.76. The van der Waals surface area contributed by atoms with Gasteiger partial charge in [0.15, 0.2) is 6.61 Å². The van der Waals surface area contributed by atoms with Gasteiger partial charge in [-0.15, -0.1) is 0 Å². The SMILES string of the molecule is Cc1ccc(C)c(O[CH]c2ccccc2)c1. The van der Waals surface area contributed by atoms with Crippen molar-refractivity contribution in [3.63, 3.8) is 0 Å². The lowest BCUT2D eigenvalue weighted by atomic mass is 10.1. The minimum Gasteiger partial charge on any atom is -0.481 e. The molecule has 1 nitrogen and oxygen atoms in total. The summed E-state index contributed by atoms with van der Waals surface area (Å²) in [4.78, 5) is 0. The van der Waals surface area contributed by atoms with Crippen molar-refractivity contribution in [1.82, 2.24) is 0 Å². The molecule has 0 bridgehead atoms. The first-order valence-corrected chi connectivity index (χ1v) is 5.38. The standard InChI is InChI=1S/C15H15O/c1-12-8-9-13(2)15(10-12)16-11-14-6-4-3-5-7-14/h3-11H,1-2H3. The first kappa shape index (κ1) is 10.7. The van der Waals surface area contributed by atoms with Gasteiger partial charge in [-0.3, -0.25) is 0 Å². The van der Waals surface area contributed by atoms with Crippen LogP contribution in [0.4, 0.5) is 0 Å². The van der Waals surface area contributed by atoms with Crippen LogP contribution in [0, 0.1) is 20.5 Å². The van der Waals surface area contributed by atoms with E-state index in [1.165, 1.54) is 5.56 Å². The highest BCUT2D eigenvalue weighted by atomic mass is 16.5. The van der Waals surface area contributed by atoms with E-state index >= 15 is 0 Å². The van der Waals surface area contributed by atoms with Crippen LogP contribution in [0.15, 0.2) is 48.5 Å². The zero-order chi connectivity index (χ0) is 11.4. The molecule has 0 N–H and O–H groups in total. The minimum atomic E-state index is 0.920. The van der Waals surface area contributed by atoms with Crippen LogP contribution in [0.5, 0.6) is 5.75 Å². The van der Waals surface area contributed by atoms with E-state index in [1.807, 2.05) is 37.3 Å². The van der Waals surface area contributed by atoms with Gasteiger partial charge >= 0.3 is 0 Å². The number of hydrogen-bond donors (Lipinski definition) is 0. The lowest BCUT2D eigenvalue weighted by molar-refractivity contribution is 0.425. The topological polar surface area (TPSA) is 9.23 Å². The molecule has 0 atom stereocenters. The van der Waals surface area contributed by atoms with Crippen LogP contribution in [-0.2, 0) is 0 Å². The fourth-order valence-electron chi connectivity index (χ4n) is 1.50. The van der Waals surface area contributed by atoms with Crippen molar-refractivity contribution in [3.05, 3.63) is 71.8 Å². The van der Waals surface area contributed by atoms with E-state index in [1.54, 1.807) is 6.61 Å². The van der Waals surface area contributed by atoms with Crippen LogP contribution in [-0.4, -0.2) is 0 Å². The number of benzene rings is 2. The predicted octanol–water partition coefficient (Wildman–Crippen LogP) is 3.89. The molecular weight excluding hydrogens is 196 g/mol. The van der Waals surface area contributed by atoms with Gasteiger partial charge < -0.3 is 4.74 Å². The maximum atomic E-state index is 5.68. The summed E-state index contributed by atoms with van der Waals surface area (Å²) in [5.74, 6) is 0.920. The fraction of sp³-hybridized carbons (Fsp3) is 0.133. The molecule has 81 valence electrons. The summed E-state index contributed by atoms with van der Waals surface area (Å²) in [6.45, 7) is 5.89. The summed E-state index contributed by atoms with van der Waals surface area (Å²) in [5.41, 5.74) is 3.43. The predicted molar refractivity (Wildman–Crippen MR) is 66.4 cm³/mol. The van der Waals surface area contributed by atoms with E-state index in [-0.39, 0.29) is 0 Å². The Morgan fingerprint density at radius 1 is 0.938 bits per heavy atom. The molecule has 0 fully saturated rings. The monoisotopic (exact) mass is 211 g/mol. The van der Waals surface area contributed by atoms with Crippen LogP contribution in [0.1, 0.15) is 16.7 Å². The van der Waals surface area contributed by atoms with Gasteiger partial charge in [-0.2, -0.15) is 0 Å². The zero-order valence-electron chi connectivity index (χ0n) is 9.60. The first-order valence-electron chi connectivity index (χ1n) is 5.38. The van der Waals surface area contributed by atoms with E-state index in [4.69, 9.17) is 4.74 Å². The molecule has 0 spiro atoms. The van der Waals surface area contributed by atoms with Gasteiger partial charge in [-0.1, -0.05) is 42.5 Å². The van der Waals surface area contributed by atoms with Gasteiger partial charge in [0.05, 0.1) is 0 Å². The van der Waals surface area contributed by atoms with Crippen molar-refractivity contribution in [3.8, 4) is 5.75 Å². The molecule has 0 aliphatic heterocycles. The molecule has 0 amide bonds. The Bertz CT molecular complexity index is 460. The molecule has 0 saturated heterocycles. The molecule has 0 saturated carbocycles. The molecule has 0 aliphatic carbocycles. The van der Waals surface area contributed by atoms with Crippen molar-refractivity contribution in [1.29, 1.82) is 0 Å². The van der Waals surface area contributed by atoms with Crippen molar-refractivity contribution >= 4 is 0 Å². The van der Waals surface area contributed by atoms with Gasteiger partial charge in [0.2, 0.25) is 0 Å². The second kappa shape index (κ2) is 4.84. The van der Waals surface area contributed by atoms with E-state index < -0.39 is 0 Å². The molecule has 0 aliphatic rings.